The van der Waals surface area contributed by atoms with Crippen LogP contribution >= 0.6 is 0 Å². The number of hydrogen-bond acceptors (Lipinski definition) is 3. The van der Waals surface area contributed by atoms with Gasteiger partial charge in [0.2, 0.25) is 0 Å². The second-order valence-corrected chi connectivity index (χ2v) is 9.25. The Balaban J connectivity index is -0.000000138. The summed E-state index contributed by atoms with van der Waals surface area (Å²) in [5.74, 6) is 1.84. The van der Waals surface area contributed by atoms with E-state index in [2.05, 4.69) is 65.2 Å². The van der Waals surface area contributed by atoms with Gasteiger partial charge in [-0.2, -0.15) is 5.26 Å². The van der Waals surface area contributed by atoms with Crippen molar-refractivity contribution in [3.63, 3.8) is 0 Å². The molecule has 0 aromatic carbocycles. The summed E-state index contributed by atoms with van der Waals surface area (Å²) >= 11 is 0. The van der Waals surface area contributed by atoms with Crippen molar-refractivity contribution in [2.24, 2.45) is 11.8 Å². The first-order valence-corrected chi connectivity index (χ1v) is 16.5. The maximum atomic E-state index is 9.26. The van der Waals surface area contributed by atoms with Gasteiger partial charge in [0, 0.05) is 19.5 Å². The molecule has 3 heteroatoms. The molecule has 0 aliphatic carbocycles. The first kappa shape index (κ1) is 47.6. The van der Waals surface area contributed by atoms with Crippen molar-refractivity contribution >= 4 is 0 Å². The van der Waals surface area contributed by atoms with Crippen LogP contribution in [-0.2, 0) is 0 Å². The van der Waals surface area contributed by atoms with Crippen LogP contribution in [0.15, 0.2) is 61.1 Å². The Hall–Kier alpha value is -2.21. The molecule has 0 aromatic rings. The summed E-state index contributed by atoms with van der Waals surface area (Å²) in [4.78, 5) is 2.26. The second-order valence-electron chi connectivity index (χ2n) is 9.25. The molecule has 0 spiro atoms. The lowest BCUT2D eigenvalue weighted by atomic mass is 9.96. The highest BCUT2D eigenvalue weighted by Gasteiger charge is 2.21. The van der Waals surface area contributed by atoms with Gasteiger partial charge < -0.3 is 10.0 Å². The Morgan fingerprint density at radius 1 is 0.925 bits per heavy atom. The Morgan fingerprint density at radius 2 is 1.45 bits per heavy atom. The lowest BCUT2D eigenvalue weighted by Crippen LogP contribution is -2.42. The summed E-state index contributed by atoms with van der Waals surface area (Å²) in [7, 11) is 0. The molecule has 0 saturated carbocycles. The minimum absolute atomic E-state index is 0.302. The molecular weight excluding hydrogens is 488 g/mol. The first-order valence-electron chi connectivity index (χ1n) is 16.5. The van der Waals surface area contributed by atoms with Crippen molar-refractivity contribution in [2.45, 2.75) is 147 Å². The lowest BCUT2D eigenvalue weighted by molar-refractivity contribution is 0.157. The molecule has 1 aliphatic rings. The topological polar surface area (TPSA) is 47.3 Å². The second kappa shape index (κ2) is 46.6. The van der Waals surface area contributed by atoms with Gasteiger partial charge in [-0.15, -0.1) is 0 Å². The van der Waals surface area contributed by atoms with E-state index in [1.54, 1.807) is 18.2 Å². The summed E-state index contributed by atoms with van der Waals surface area (Å²) in [5, 5.41) is 17.7. The number of aliphatic hydroxyl groups excluding tert-OH is 1. The third-order valence-electron chi connectivity index (χ3n) is 5.70. The zero-order valence-corrected chi connectivity index (χ0v) is 29.0. The fraction of sp³-hybridized carbons (Fsp3) is 0.703. The molecule has 0 amide bonds. The predicted octanol–water partition coefficient (Wildman–Crippen LogP) is 12.8. The van der Waals surface area contributed by atoms with Gasteiger partial charge in [0.15, 0.2) is 0 Å². The molecule has 236 valence electrons. The number of hydrogen-bond donors (Lipinski definition) is 1. The van der Waals surface area contributed by atoms with Gasteiger partial charge in [-0.25, -0.2) is 0 Å². The quantitative estimate of drug-likeness (QED) is 0.130. The van der Waals surface area contributed by atoms with Crippen LogP contribution in [0.25, 0.3) is 0 Å². The molecule has 1 fully saturated rings. The van der Waals surface area contributed by atoms with Gasteiger partial charge in [0.25, 0.3) is 0 Å². The van der Waals surface area contributed by atoms with E-state index in [9.17, 15) is 5.11 Å². The van der Waals surface area contributed by atoms with Crippen LogP contribution < -0.4 is 0 Å². The van der Waals surface area contributed by atoms with Gasteiger partial charge in [-0.3, -0.25) is 0 Å². The van der Waals surface area contributed by atoms with Crippen LogP contribution in [-0.4, -0.2) is 23.1 Å². The van der Waals surface area contributed by atoms with Gasteiger partial charge in [0.05, 0.1) is 6.07 Å². The Morgan fingerprint density at radius 3 is 1.77 bits per heavy atom. The number of rotatable bonds is 14. The molecule has 1 aliphatic heterocycles. The molecule has 1 heterocycles. The van der Waals surface area contributed by atoms with Crippen LogP contribution in [0.4, 0.5) is 0 Å². The number of allylic oxidation sites excluding steroid dienone is 7. The zero-order valence-electron chi connectivity index (χ0n) is 29.0. The van der Waals surface area contributed by atoms with Crippen molar-refractivity contribution in [3.8, 4) is 6.07 Å². The Kier molecular flexibility index (Phi) is 55.5. The molecule has 40 heavy (non-hydrogen) atoms. The van der Waals surface area contributed by atoms with Crippen molar-refractivity contribution in [1.29, 1.82) is 5.26 Å². The van der Waals surface area contributed by atoms with E-state index >= 15 is 0 Å². The summed E-state index contributed by atoms with van der Waals surface area (Å²) in [5.41, 5.74) is 0. The van der Waals surface area contributed by atoms with Crippen LogP contribution in [0.5, 0.6) is 0 Å². The summed E-state index contributed by atoms with van der Waals surface area (Å²) < 4.78 is 0. The van der Waals surface area contributed by atoms with E-state index in [4.69, 9.17) is 5.26 Å². The molecular formula is C37H72N2O. The SMILES string of the molecule is C=C/C=C\CC.CC.CC.CCCC(CC#N)CCC.CCCCCC.C\C=C/C(O)=C\C=C\N1CC(CC)C1. The number of unbranched alkanes of at least 4 members (excludes halogenated alkanes) is 3. The largest absolute Gasteiger partial charge is 0.508 e. The third kappa shape index (κ3) is 42.9. The molecule has 0 bridgehead atoms. The average molecular weight is 561 g/mol. The number of likely N-dealkylation sites (tertiary alicyclic amines) is 1. The van der Waals surface area contributed by atoms with Crippen molar-refractivity contribution < 1.29 is 5.11 Å². The highest BCUT2D eigenvalue weighted by molar-refractivity contribution is 5.16. The third-order valence-corrected chi connectivity index (χ3v) is 5.70. The molecule has 3 nitrogen and oxygen atoms in total. The van der Waals surface area contributed by atoms with Gasteiger partial charge in [0.1, 0.15) is 5.76 Å². The van der Waals surface area contributed by atoms with Crippen LogP contribution in [0.2, 0.25) is 0 Å². The molecule has 1 rings (SSSR count). The average Bonchev–Trinajstić information content (AvgIpc) is 2.96. The Labute approximate surface area is 253 Å². The van der Waals surface area contributed by atoms with E-state index in [1.165, 1.54) is 57.8 Å². The maximum absolute atomic E-state index is 9.26. The lowest BCUT2D eigenvalue weighted by Gasteiger charge is -2.37. The van der Waals surface area contributed by atoms with Crippen LogP contribution in [0.3, 0.4) is 0 Å². The standard InChI is InChI=1S/C12H19NO.C9H17N.C6H14.C6H10.2C2H6/c1-3-6-12(14)7-5-8-13-9-11(4-2)10-13;1-3-5-9(6-4-2)7-8-10;2*1-3-5-6-4-2;2*1-2/h3,5-8,11,14H,4,9-10H2,1-2H3;9H,3-7H2,1-2H3;3-6H2,1-2H3;3,5-6H,1,4H2,2H3;2*1-2H3/b6-3-,8-5+,12-7+;;;6-5-;;. The first-order chi connectivity index (χ1) is 19.4. The number of nitriles is 1. The molecule has 1 N–H and O–H groups in total. The normalized spacial score (nSPS) is 12.4. The van der Waals surface area contributed by atoms with E-state index < -0.39 is 0 Å². The highest BCUT2D eigenvalue weighted by atomic mass is 16.3. The van der Waals surface area contributed by atoms with Crippen molar-refractivity contribution in [3.05, 3.63) is 61.1 Å². The smallest absolute Gasteiger partial charge is 0.115 e. The fourth-order valence-corrected chi connectivity index (χ4v) is 3.51. The summed E-state index contributed by atoms with van der Waals surface area (Å²) in [6.07, 6.45) is 28.4. The number of aliphatic hydroxyl groups is 1. The van der Waals surface area contributed by atoms with Gasteiger partial charge in [-0.1, -0.05) is 139 Å². The van der Waals surface area contributed by atoms with E-state index in [1.807, 2.05) is 59.0 Å². The van der Waals surface area contributed by atoms with Crippen LogP contribution in [0, 0.1) is 23.2 Å². The van der Waals surface area contributed by atoms with Gasteiger partial charge >= 0.3 is 0 Å². The van der Waals surface area contributed by atoms with E-state index in [0.717, 1.165) is 31.8 Å². The summed E-state index contributed by atoms with van der Waals surface area (Å²) in [6.45, 7) is 28.9. The van der Waals surface area contributed by atoms with Gasteiger partial charge in [-0.05, 0) is 68.9 Å². The summed E-state index contributed by atoms with van der Waals surface area (Å²) in [6, 6.07) is 2.24. The molecule has 0 atom stereocenters. The predicted molar refractivity (Wildman–Crippen MR) is 186 cm³/mol. The minimum atomic E-state index is 0.302. The molecule has 1 saturated heterocycles. The van der Waals surface area contributed by atoms with Crippen molar-refractivity contribution in [1.82, 2.24) is 4.90 Å². The maximum Gasteiger partial charge on any atom is 0.115 e. The van der Waals surface area contributed by atoms with Crippen molar-refractivity contribution in [2.75, 3.05) is 13.1 Å². The molecule has 0 unspecified atom stereocenters. The van der Waals surface area contributed by atoms with E-state index in [-0.39, 0.29) is 0 Å². The number of nitrogens with zero attached hydrogens (tertiary/aromatic N) is 2. The minimum Gasteiger partial charge on any atom is -0.508 e. The molecule has 0 aromatic heterocycles. The zero-order chi connectivity index (χ0) is 31.9. The monoisotopic (exact) mass is 561 g/mol. The Bertz CT molecular complexity index is 594. The fourth-order valence-electron chi connectivity index (χ4n) is 3.51. The highest BCUT2D eigenvalue weighted by Crippen LogP contribution is 2.18. The van der Waals surface area contributed by atoms with Crippen LogP contribution in [0.1, 0.15) is 147 Å². The molecule has 0 radical (unpaired) electrons. The van der Waals surface area contributed by atoms with E-state index in [0.29, 0.717) is 11.7 Å².